The highest BCUT2D eigenvalue weighted by Gasteiger charge is 2.23. The van der Waals surface area contributed by atoms with Crippen molar-refractivity contribution in [2.45, 2.75) is 52.9 Å². The third-order valence-electron chi connectivity index (χ3n) is 3.95. The van der Waals surface area contributed by atoms with E-state index in [1.165, 1.54) is 17.1 Å². The van der Waals surface area contributed by atoms with E-state index in [4.69, 9.17) is 0 Å². The molecule has 5 heteroatoms. The van der Waals surface area contributed by atoms with E-state index in [1.807, 2.05) is 18.7 Å². The Hall–Kier alpha value is -1.65. The molecule has 3 amide bonds. The number of carbonyl (C=O) groups excluding carboxylic acids is 3. The van der Waals surface area contributed by atoms with Crippen LogP contribution in [0.5, 0.6) is 0 Å². The normalized spacial score (nSPS) is 20.4. The summed E-state index contributed by atoms with van der Waals surface area (Å²) in [4.78, 5) is 37.7. The van der Waals surface area contributed by atoms with E-state index in [2.05, 4.69) is 6.92 Å². The van der Waals surface area contributed by atoms with Crippen LogP contribution >= 0.6 is 0 Å². The van der Waals surface area contributed by atoms with Gasteiger partial charge in [0, 0.05) is 38.2 Å². The fourth-order valence-electron chi connectivity index (χ4n) is 2.69. The van der Waals surface area contributed by atoms with Crippen molar-refractivity contribution in [2.24, 2.45) is 5.92 Å². The third-order valence-corrected chi connectivity index (χ3v) is 3.95. The van der Waals surface area contributed by atoms with Crippen LogP contribution in [-0.2, 0) is 14.4 Å². The molecule has 1 fully saturated rings. The Morgan fingerprint density at radius 3 is 2.32 bits per heavy atom. The maximum absolute atomic E-state index is 11.9. The van der Waals surface area contributed by atoms with Crippen LogP contribution in [0.3, 0.4) is 0 Å². The van der Waals surface area contributed by atoms with Crippen LogP contribution in [-0.4, -0.2) is 47.2 Å². The lowest BCUT2D eigenvalue weighted by Gasteiger charge is -2.16. The van der Waals surface area contributed by atoms with Crippen molar-refractivity contribution in [3.63, 3.8) is 0 Å². The van der Waals surface area contributed by atoms with E-state index in [-0.39, 0.29) is 17.7 Å². The second-order valence-corrected chi connectivity index (χ2v) is 5.71. The van der Waals surface area contributed by atoms with Gasteiger partial charge in [-0.1, -0.05) is 27.2 Å². The van der Waals surface area contributed by atoms with Crippen LogP contribution in [0, 0.1) is 5.92 Å². The number of imide groups is 1. The van der Waals surface area contributed by atoms with Crippen LogP contribution in [0.15, 0.2) is 12.2 Å². The average molecular weight is 308 g/mol. The van der Waals surface area contributed by atoms with Gasteiger partial charge in [0.05, 0.1) is 0 Å². The molecule has 2 rings (SSSR count). The lowest BCUT2D eigenvalue weighted by Crippen LogP contribution is -2.31. The molecule has 0 aromatic carbocycles. The molecule has 0 bridgehead atoms. The first-order valence-corrected chi connectivity index (χ1v) is 8.39. The third kappa shape index (κ3) is 5.28. The Morgan fingerprint density at radius 1 is 1.14 bits per heavy atom. The Kier molecular flexibility index (Phi) is 7.85. The highest BCUT2D eigenvalue weighted by molar-refractivity contribution is 6.12. The molecule has 0 radical (unpaired) electrons. The highest BCUT2D eigenvalue weighted by atomic mass is 16.2. The van der Waals surface area contributed by atoms with Crippen LogP contribution in [0.2, 0.25) is 0 Å². The first-order chi connectivity index (χ1) is 10.6. The highest BCUT2D eigenvalue weighted by Crippen LogP contribution is 2.17. The Labute approximate surface area is 133 Å². The first kappa shape index (κ1) is 18.4. The lowest BCUT2D eigenvalue weighted by molar-refractivity contribution is -0.137. The monoisotopic (exact) mass is 308 g/mol. The van der Waals surface area contributed by atoms with E-state index < -0.39 is 0 Å². The maximum Gasteiger partial charge on any atom is 0.253 e. The number of unbranched alkanes of at least 4 members (excludes halogenated alkanes) is 2. The molecule has 124 valence electrons. The number of amides is 3. The minimum atomic E-state index is -0.225. The van der Waals surface area contributed by atoms with Gasteiger partial charge < -0.3 is 4.90 Å². The van der Waals surface area contributed by atoms with E-state index in [0.717, 1.165) is 38.8 Å². The van der Waals surface area contributed by atoms with Crippen LogP contribution in [0.1, 0.15) is 52.9 Å². The van der Waals surface area contributed by atoms with Gasteiger partial charge in [-0.3, -0.25) is 19.3 Å². The fraction of sp³-hybridized carbons (Fsp3) is 0.706. The van der Waals surface area contributed by atoms with Crippen molar-refractivity contribution in [1.29, 1.82) is 0 Å². The molecule has 1 atom stereocenters. The van der Waals surface area contributed by atoms with Gasteiger partial charge >= 0.3 is 0 Å². The lowest BCUT2D eigenvalue weighted by atomic mass is 10.1. The maximum atomic E-state index is 11.9. The SMILES string of the molecule is CC.CC1CCN(C(=O)CCCCCN2C(=O)C=CC2=O)C1. The molecule has 0 spiro atoms. The standard InChI is InChI=1S/C15H22N2O3.C2H6/c1-12-8-10-16(11-12)13(18)5-3-2-4-9-17-14(19)6-7-15(17)20;1-2/h6-7,12H,2-5,8-11H2,1H3;1-2H3. The van der Waals surface area contributed by atoms with Gasteiger partial charge in [0.1, 0.15) is 0 Å². The topological polar surface area (TPSA) is 57.7 Å². The molecule has 1 saturated heterocycles. The molecule has 0 aromatic rings. The molecule has 5 nitrogen and oxygen atoms in total. The largest absolute Gasteiger partial charge is 0.342 e. The zero-order chi connectivity index (χ0) is 16.5. The summed E-state index contributed by atoms with van der Waals surface area (Å²) in [5.41, 5.74) is 0. The summed E-state index contributed by atoms with van der Waals surface area (Å²) in [5, 5.41) is 0. The minimum Gasteiger partial charge on any atom is -0.342 e. The summed E-state index contributed by atoms with van der Waals surface area (Å²) in [7, 11) is 0. The zero-order valence-electron chi connectivity index (χ0n) is 14.0. The van der Waals surface area contributed by atoms with Crippen molar-refractivity contribution in [3.8, 4) is 0 Å². The van der Waals surface area contributed by atoms with Gasteiger partial charge in [0.25, 0.3) is 11.8 Å². The van der Waals surface area contributed by atoms with Crippen molar-refractivity contribution in [1.82, 2.24) is 9.80 Å². The van der Waals surface area contributed by atoms with Gasteiger partial charge in [-0.15, -0.1) is 0 Å². The van der Waals surface area contributed by atoms with Crippen molar-refractivity contribution >= 4 is 17.7 Å². The van der Waals surface area contributed by atoms with E-state index in [1.54, 1.807) is 0 Å². The molecule has 0 N–H and O–H groups in total. The minimum absolute atomic E-state index is 0.225. The first-order valence-electron chi connectivity index (χ1n) is 8.39. The van der Waals surface area contributed by atoms with Crippen molar-refractivity contribution in [2.75, 3.05) is 19.6 Å². The average Bonchev–Trinajstić information content (AvgIpc) is 3.08. The predicted octanol–water partition coefficient (Wildman–Crippen LogP) is 2.37. The second-order valence-electron chi connectivity index (χ2n) is 5.71. The van der Waals surface area contributed by atoms with Gasteiger partial charge in [-0.05, 0) is 25.2 Å². The fourth-order valence-corrected chi connectivity index (χ4v) is 2.69. The number of rotatable bonds is 6. The van der Waals surface area contributed by atoms with Crippen LogP contribution in [0.4, 0.5) is 0 Å². The summed E-state index contributed by atoms with van der Waals surface area (Å²) < 4.78 is 0. The molecule has 2 aliphatic rings. The van der Waals surface area contributed by atoms with Crippen LogP contribution in [0.25, 0.3) is 0 Å². The Bertz CT molecular complexity index is 414. The second kappa shape index (κ2) is 9.38. The van der Waals surface area contributed by atoms with Gasteiger partial charge in [0.2, 0.25) is 5.91 Å². The Balaban J connectivity index is 0.00000116. The molecular formula is C17H28N2O3. The predicted molar refractivity (Wildman–Crippen MR) is 86.0 cm³/mol. The van der Waals surface area contributed by atoms with Gasteiger partial charge in [-0.2, -0.15) is 0 Å². The number of hydrogen-bond acceptors (Lipinski definition) is 3. The molecule has 0 saturated carbocycles. The van der Waals surface area contributed by atoms with Crippen molar-refractivity contribution in [3.05, 3.63) is 12.2 Å². The van der Waals surface area contributed by atoms with Gasteiger partial charge in [0.15, 0.2) is 0 Å². The van der Waals surface area contributed by atoms with Crippen LogP contribution < -0.4 is 0 Å². The summed E-state index contributed by atoms with van der Waals surface area (Å²) in [5.74, 6) is 0.414. The quantitative estimate of drug-likeness (QED) is 0.559. The Morgan fingerprint density at radius 2 is 1.77 bits per heavy atom. The number of carbonyl (C=O) groups is 3. The summed E-state index contributed by atoms with van der Waals surface area (Å²) >= 11 is 0. The summed E-state index contributed by atoms with van der Waals surface area (Å²) in [6, 6.07) is 0. The number of likely N-dealkylation sites (tertiary alicyclic amines) is 1. The van der Waals surface area contributed by atoms with E-state index in [9.17, 15) is 14.4 Å². The molecule has 1 unspecified atom stereocenters. The molecule has 2 aliphatic heterocycles. The smallest absolute Gasteiger partial charge is 0.253 e. The molecule has 0 aliphatic carbocycles. The molecule has 2 heterocycles. The number of nitrogens with zero attached hydrogens (tertiary/aromatic N) is 2. The summed E-state index contributed by atoms with van der Waals surface area (Å²) in [6.45, 7) is 8.41. The van der Waals surface area contributed by atoms with Crippen molar-refractivity contribution < 1.29 is 14.4 Å². The zero-order valence-corrected chi connectivity index (χ0v) is 14.0. The molecular weight excluding hydrogens is 280 g/mol. The van der Waals surface area contributed by atoms with E-state index >= 15 is 0 Å². The summed E-state index contributed by atoms with van der Waals surface area (Å²) in [6.07, 6.45) is 6.76. The van der Waals surface area contributed by atoms with Gasteiger partial charge in [-0.25, -0.2) is 0 Å². The number of hydrogen-bond donors (Lipinski definition) is 0. The van der Waals surface area contributed by atoms with E-state index in [0.29, 0.717) is 18.9 Å². The molecule has 0 aromatic heterocycles. The molecule has 22 heavy (non-hydrogen) atoms.